The molecule has 1 amide bonds. The highest BCUT2D eigenvalue weighted by atomic mass is 32.1. The number of thiophene rings is 1. The molecule has 0 saturated heterocycles. The van der Waals surface area contributed by atoms with Crippen LogP contribution in [0.1, 0.15) is 117 Å². The smallest absolute Gasteiger partial charge is 0.221 e. The van der Waals surface area contributed by atoms with Gasteiger partial charge in [-0.3, -0.25) is 4.79 Å². The average Bonchev–Trinajstić information content (AvgIpc) is 3.50. The number of nitrogens with one attached hydrogen (secondary N) is 1. The molecule has 3 aromatic rings. The molecular formula is C39H55N7OS. The Morgan fingerprint density at radius 1 is 0.833 bits per heavy atom. The lowest BCUT2D eigenvalue weighted by molar-refractivity contribution is -0.114. The van der Waals surface area contributed by atoms with Gasteiger partial charge in [-0.15, -0.1) is 20.5 Å². The van der Waals surface area contributed by atoms with E-state index in [-0.39, 0.29) is 5.91 Å². The van der Waals surface area contributed by atoms with Crippen LogP contribution in [0.4, 0.5) is 32.8 Å². The van der Waals surface area contributed by atoms with E-state index in [2.05, 4.69) is 89.6 Å². The Hall–Kier alpha value is -3.90. The van der Waals surface area contributed by atoms with Gasteiger partial charge in [-0.05, 0) is 79.5 Å². The minimum atomic E-state index is -0.172. The van der Waals surface area contributed by atoms with Crippen molar-refractivity contribution in [2.75, 3.05) is 23.3 Å². The maximum Gasteiger partial charge on any atom is 0.221 e. The Kier molecular flexibility index (Phi) is 17.0. The first-order valence-electron chi connectivity index (χ1n) is 18.0. The Balaban J connectivity index is 1.88. The van der Waals surface area contributed by atoms with Crippen LogP contribution in [0.25, 0.3) is 0 Å². The molecule has 2 unspecified atom stereocenters. The van der Waals surface area contributed by atoms with Gasteiger partial charge in [-0.2, -0.15) is 5.26 Å². The number of hydrogen-bond donors (Lipinski definition) is 1. The summed E-state index contributed by atoms with van der Waals surface area (Å²) in [6.45, 7) is 14.8. The van der Waals surface area contributed by atoms with Crippen molar-refractivity contribution in [1.29, 1.82) is 5.26 Å². The molecule has 3 rings (SSSR count). The van der Waals surface area contributed by atoms with Crippen molar-refractivity contribution >= 4 is 50.0 Å². The van der Waals surface area contributed by atoms with Crippen LogP contribution >= 0.6 is 11.3 Å². The van der Waals surface area contributed by atoms with Gasteiger partial charge >= 0.3 is 0 Å². The number of unbranched alkanes of at least 4 members (excludes halogenated alkanes) is 3. The monoisotopic (exact) mass is 669 g/mol. The van der Waals surface area contributed by atoms with Crippen LogP contribution in [0.5, 0.6) is 0 Å². The summed E-state index contributed by atoms with van der Waals surface area (Å²) in [5, 5.41) is 31.5. The van der Waals surface area contributed by atoms with E-state index in [0.717, 1.165) is 56.6 Å². The van der Waals surface area contributed by atoms with Crippen molar-refractivity contribution in [2.24, 2.45) is 32.3 Å². The van der Waals surface area contributed by atoms with Crippen LogP contribution in [-0.2, 0) is 11.2 Å². The van der Waals surface area contributed by atoms with Crippen molar-refractivity contribution in [3.05, 3.63) is 59.7 Å². The van der Waals surface area contributed by atoms with Gasteiger partial charge in [0.25, 0.3) is 0 Å². The Labute approximate surface area is 292 Å². The largest absolute Gasteiger partial charge is 0.371 e. The highest BCUT2D eigenvalue weighted by Crippen LogP contribution is 2.39. The summed E-state index contributed by atoms with van der Waals surface area (Å²) in [4.78, 5) is 14.8. The molecule has 2 aromatic carbocycles. The van der Waals surface area contributed by atoms with Crippen molar-refractivity contribution in [1.82, 2.24) is 0 Å². The number of nitriles is 1. The summed E-state index contributed by atoms with van der Waals surface area (Å²) in [6.07, 6.45) is 13.0. The van der Waals surface area contributed by atoms with Crippen LogP contribution in [0.2, 0.25) is 0 Å². The molecule has 8 nitrogen and oxygen atoms in total. The van der Waals surface area contributed by atoms with Gasteiger partial charge in [0.2, 0.25) is 5.91 Å². The standard InChI is InChI=1S/C39H55N7OS/c1-7-12-15-30(10-4)27-46(28-31(11-5)16-13-8-2)35-22-23-36(37(25-35)41-29(6)47)43-45-39-33(26-40)24-38(48-39)44-42-34-20-18-32(19-21-34)17-14-9-3/h18-25,30-31H,7-17,27-28H2,1-6H3,(H,41,47). The van der Waals surface area contributed by atoms with Crippen LogP contribution in [-0.4, -0.2) is 19.0 Å². The predicted octanol–water partition coefficient (Wildman–Crippen LogP) is 13.0. The van der Waals surface area contributed by atoms with Gasteiger partial charge < -0.3 is 10.2 Å². The van der Waals surface area contributed by atoms with Gasteiger partial charge in [-0.1, -0.05) is 103 Å². The number of azo groups is 2. The molecule has 48 heavy (non-hydrogen) atoms. The molecular weight excluding hydrogens is 615 g/mol. The molecule has 1 heterocycles. The van der Waals surface area contributed by atoms with Gasteiger partial charge in [0.1, 0.15) is 16.8 Å². The highest BCUT2D eigenvalue weighted by molar-refractivity contribution is 7.19. The molecule has 0 aliphatic carbocycles. The van der Waals surface area contributed by atoms with Crippen molar-refractivity contribution in [3.63, 3.8) is 0 Å². The second-order valence-electron chi connectivity index (χ2n) is 12.7. The minimum Gasteiger partial charge on any atom is -0.371 e. The number of benzene rings is 2. The van der Waals surface area contributed by atoms with E-state index in [1.165, 1.54) is 62.3 Å². The molecule has 1 aromatic heterocycles. The molecule has 258 valence electrons. The average molecular weight is 670 g/mol. The van der Waals surface area contributed by atoms with Crippen molar-refractivity contribution in [3.8, 4) is 6.07 Å². The fraction of sp³-hybridized carbons (Fsp3) is 0.538. The fourth-order valence-corrected chi connectivity index (χ4v) is 6.48. The summed E-state index contributed by atoms with van der Waals surface area (Å²) in [5.41, 5.74) is 4.65. The maximum absolute atomic E-state index is 12.3. The second-order valence-corrected chi connectivity index (χ2v) is 13.7. The zero-order chi connectivity index (χ0) is 34.7. The molecule has 1 N–H and O–H groups in total. The van der Waals surface area contributed by atoms with Gasteiger partial charge in [-0.25, -0.2) is 0 Å². The molecule has 0 radical (unpaired) electrons. The zero-order valence-electron chi connectivity index (χ0n) is 30.0. The first-order valence-corrected chi connectivity index (χ1v) is 18.8. The lowest BCUT2D eigenvalue weighted by Crippen LogP contribution is -2.34. The Morgan fingerprint density at radius 2 is 1.48 bits per heavy atom. The van der Waals surface area contributed by atoms with E-state index >= 15 is 0 Å². The lowest BCUT2D eigenvalue weighted by atomic mass is 9.95. The number of anilines is 2. The van der Waals surface area contributed by atoms with Gasteiger partial charge in [0.15, 0.2) is 5.00 Å². The van der Waals surface area contributed by atoms with Gasteiger partial charge in [0, 0.05) is 25.7 Å². The van der Waals surface area contributed by atoms with E-state index in [1.807, 2.05) is 24.3 Å². The molecule has 9 heteroatoms. The number of rotatable bonds is 21. The minimum absolute atomic E-state index is 0.172. The summed E-state index contributed by atoms with van der Waals surface area (Å²) >= 11 is 1.26. The van der Waals surface area contributed by atoms with E-state index in [4.69, 9.17) is 0 Å². The third-order valence-corrected chi connectivity index (χ3v) is 9.69. The van der Waals surface area contributed by atoms with E-state index < -0.39 is 0 Å². The van der Waals surface area contributed by atoms with Crippen LogP contribution in [0.15, 0.2) is 69.0 Å². The lowest BCUT2D eigenvalue weighted by Gasteiger charge is -2.33. The Bertz CT molecular complexity index is 1490. The first kappa shape index (κ1) is 38.5. The number of amides is 1. The van der Waals surface area contributed by atoms with Crippen LogP contribution in [0.3, 0.4) is 0 Å². The van der Waals surface area contributed by atoms with Crippen LogP contribution < -0.4 is 10.2 Å². The Morgan fingerprint density at radius 3 is 2.04 bits per heavy atom. The normalized spacial score (nSPS) is 12.8. The third-order valence-electron chi connectivity index (χ3n) is 8.79. The zero-order valence-corrected chi connectivity index (χ0v) is 30.8. The first-order chi connectivity index (χ1) is 23.3. The third kappa shape index (κ3) is 12.6. The quantitative estimate of drug-likeness (QED) is 0.114. The predicted molar refractivity (Wildman–Crippen MR) is 202 cm³/mol. The summed E-state index contributed by atoms with van der Waals surface area (Å²) in [6, 6.07) is 18.0. The van der Waals surface area contributed by atoms with Crippen molar-refractivity contribution < 1.29 is 4.79 Å². The topological polar surface area (TPSA) is 106 Å². The van der Waals surface area contributed by atoms with Crippen molar-refractivity contribution in [2.45, 2.75) is 112 Å². The number of aryl methyl sites for hydroxylation is 1. The molecule has 0 bridgehead atoms. The highest BCUT2D eigenvalue weighted by Gasteiger charge is 2.19. The van der Waals surface area contributed by atoms with Gasteiger partial charge in [0.05, 0.1) is 16.9 Å². The van der Waals surface area contributed by atoms with Crippen LogP contribution in [0, 0.1) is 23.2 Å². The maximum atomic E-state index is 12.3. The molecule has 0 aliphatic rings. The molecule has 2 atom stereocenters. The molecule has 0 fully saturated rings. The van der Waals surface area contributed by atoms with E-state index in [1.54, 1.807) is 6.07 Å². The van der Waals surface area contributed by atoms with E-state index in [9.17, 15) is 10.1 Å². The molecule has 0 saturated carbocycles. The molecule has 0 spiro atoms. The fourth-order valence-electron chi connectivity index (χ4n) is 5.73. The number of hydrogen-bond acceptors (Lipinski definition) is 8. The summed E-state index contributed by atoms with van der Waals surface area (Å²) in [7, 11) is 0. The number of carbonyl (C=O) groups is 1. The summed E-state index contributed by atoms with van der Waals surface area (Å²) in [5.74, 6) is 1.04. The number of nitrogens with zero attached hydrogens (tertiary/aromatic N) is 6. The summed E-state index contributed by atoms with van der Waals surface area (Å²) < 4.78 is 0. The van der Waals surface area contributed by atoms with E-state index in [0.29, 0.717) is 38.8 Å². The second kappa shape index (κ2) is 21.1. The number of carbonyl (C=O) groups excluding carboxylic acids is 1. The molecule has 0 aliphatic heterocycles. The SMILES string of the molecule is CCCCc1ccc(N=Nc2cc(C#N)c(N=Nc3ccc(N(CC(CC)CCCC)CC(CC)CCCC)cc3NC(C)=O)s2)cc1.